The molecule has 0 N–H and O–H groups in total. The fourth-order valence-corrected chi connectivity index (χ4v) is 4.52. The molecule has 4 atom stereocenters. The molecule has 0 heterocycles. The van der Waals surface area contributed by atoms with E-state index < -0.39 is 24.1 Å². The maximum Gasteiger partial charge on any atom is 0.305 e. The summed E-state index contributed by atoms with van der Waals surface area (Å²) in [6.07, 6.45) is 4.66. The van der Waals surface area contributed by atoms with Crippen molar-refractivity contribution in [2.75, 3.05) is 20.8 Å². The highest BCUT2D eigenvalue weighted by Crippen LogP contribution is 2.42. The first-order chi connectivity index (χ1) is 16.2. The molecule has 1 fully saturated rings. The van der Waals surface area contributed by atoms with E-state index >= 15 is 0 Å². The summed E-state index contributed by atoms with van der Waals surface area (Å²) in [6, 6.07) is 0. The van der Waals surface area contributed by atoms with Crippen LogP contribution in [0.5, 0.6) is 0 Å². The molecule has 0 aliphatic heterocycles. The third-order valence-electron chi connectivity index (χ3n) is 5.92. The molecule has 1 aliphatic rings. The van der Waals surface area contributed by atoms with Crippen molar-refractivity contribution < 1.29 is 43.0 Å². The molecule has 0 aromatic rings. The van der Waals surface area contributed by atoms with E-state index in [1.807, 2.05) is 0 Å². The highest BCUT2D eigenvalue weighted by molar-refractivity contribution is 5.84. The molecule has 0 aromatic heterocycles. The maximum absolute atomic E-state index is 11.8. The van der Waals surface area contributed by atoms with Crippen LogP contribution in [0.2, 0.25) is 0 Å². The first kappa shape index (κ1) is 29.4. The molecule has 10 nitrogen and oxygen atoms in total. The number of ether oxygens (including phenoxy) is 4. The van der Waals surface area contributed by atoms with Gasteiger partial charge in [-0.1, -0.05) is 5.16 Å². The van der Waals surface area contributed by atoms with Crippen LogP contribution in [0, 0.1) is 11.8 Å². The normalized spacial score (nSPS) is 22.1. The lowest BCUT2D eigenvalue weighted by atomic mass is 9.85. The molecule has 34 heavy (non-hydrogen) atoms. The third-order valence-corrected chi connectivity index (χ3v) is 5.92. The number of carbonyl (C=O) groups is 4. The fraction of sp³-hybridized carbons (Fsp3) is 0.792. The van der Waals surface area contributed by atoms with E-state index in [0.29, 0.717) is 32.3 Å². The van der Waals surface area contributed by atoms with Crippen molar-refractivity contribution >= 4 is 29.6 Å². The van der Waals surface area contributed by atoms with E-state index in [0.717, 1.165) is 31.4 Å². The largest absolute Gasteiger partial charge is 0.469 e. The minimum atomic E-state index is -0.444. The van der Waals surface area contributed by atoms with E-state index in [9.17, 15) is 19.2 Å². The van der Waals surface area contributed by atoms with Gasteiger partial charge in [0.1, 0.15) is 19.3 Å². The number of oxime groups is 1. The molecule has 1 aliphatic carbocycles. The molecule has 0 amide bonds. The van der Waals surface area contributed by atoms with Crippen molar-refractivity contribution in [3.63, 3.8) is 0 Å². The number of esters is 4. The van der Waals surface area contributed by atoms with Crippen LogP contribution in [0.3, 0.4) is 0 Å². The van der Waals surface area contributed by atoms with Crippen molar-refractivity contribution in [1.82, 2.24) is 0 Å². The number of methoxy groups -OCH3 is 1. The predicted molar refractivity (Wildman–Crippen MR) is 123 cm³/mol. The van der Waals surface area contributed by atoms with Gasteiger partial charge in [0.25, 0.3) is 0 Å². The number of rotatable bonds is 15. The molecule has 194 valence electrons. The maximum atomic E-state index is 11.8. The summed E-state index contributed by atoms with van der Waals surface area (Å²) >= 11 is 0. The van der Waals surface area contributed by atoms with Crippen LogP contribution in [0.1, 0.15) is 78.6 Å². The van der Waals surface area contributed by atoms with Crippen LogP contribution in [-0.2, 0) is 43.0 Å². The van der Waals surface area contributed by atoms with Gasteiger partial charge in [-0.15, -0.1) is 0 Å². The summed E-state index contributed by atoms with van der Waals surface area (Å²) in [4.78, 5) is 51.0. The lowest BCUT2D eigenvalue weighted by Crippen LogP contribution is -2.28. The van der Waals surface area contributed by atoms with E-state index in [4.69, 9.17) is 23.8 Å². The summed E-state index contributed by atoms with van der Waals surface area (Å²) in [5.41, 5.74) is 0.874. The molecule has 0 saturated heterocycles. The Morgan fingerprint density at radius 1 is 0.765 bits per heavy atom. The zero-order valence-electron chi connectivity index (χ0n) is 21.0. The molecular formula is C24H39NO9. The van der Waals surface area contributed by atoms with Crippen LogP contribution < -0.4 is 0 Å². The van der Waals surface area contributed by atoms with Gasteiger partial charge in [-0.2, -0.15) is 0 Å². The molecule has 0 aromatic carbocycles. The molecule has 4 unspecified atom stereocenters. The monoisotopic (exact) mass is 485 g/mol. The Hall–Kier alpha value is -2.65. The lowest BCUT2D eigenvalue weighted by molar-refractivity contribution is -0.149. The van der Waals surface area contributed by atoms with Gasteiger partial charge in [-0.25, -0.2) is 0 Å². The first-order valence-electron chi connectivity index (χ1n) is 11.8. The molecule has 1 saturated carbocycles. The van der Waals surface area contributed by atoms with Crippen LogP contribution in [-0.4, -0.2) is 62.6 Å². The standard InChI is InChI=1S/C24H39NO9/c1-16(26)32-14-8-6-7-9-19(25-31-5)10-11-20-21(12-13-24(29)30-4)23(34-18(3)28)15-22(20)33-17(2)27/h20-23H,6-15H2,1-5H3. The van der Waals surface area contributed by atoms with Crippen LogP contribution in [0.4, 0.5) is 0 Å². The second-order valence-electron chi connectivity index (χ2n) is 8.50. The van der Waals surface area contributed by atoms with Gasteiger partial charge < -0.3 is 23.8 Å². The minimum absolute atomic E-state index is 0.107. The predicted octanol–water partition coefficient (Wildman–Crippen LogP) is 3.35. The summed E-state index contributed by atoms with van der Waals surface area (Å²) in [5.74, 6) is -1.70. The van der Waals surface area contributed by atoms with E-state index in [1.54, 1.807) is 0 Å². The van der Waals surface area contributed by atoms with E-state index in [1.165, 1.54) is 35.0 Å². The van der Waals surface area contributed by atoms with Crippen LogP contribution in [0.15, 0.2) is 5.16 Å². The third kappa shape index (κ3) is 11.5. The number of unbranched alkanes of at least 4 members (excludes halogenated alkanes) is 2. The van der Waals surface area contributed by atoms with Gasteiger partial charge in [0.05, 0.1) is 19.4 Å². The zero-order valence-corrected chi connectivity index (χ0v) is 21.0. The quantitative estimate of drug-likeness (QED) is 0.113. The summed E-state index contributed by atoms with van der Waals surface area (Å²) in [5, 5.41) is 4.16. The van der Waals surface area contributed by atoms with Crippen molar-refractivity contribution in [1.29, 1.82) is 0 Å². The number of hydrogen-bond acceptors (Lipinski definition) is 10. The lowest BCUT2D eigenvalue weighted by Gasteiger charge is -2.26. The topological polar surface area (TPSA) is 127 Å². The van der Waals surface area contributed by atoms with Gasteiger partial charge in [0.2, 0.25) is 0 Å². The smallest absolute Gasteiger partial charge is 0.305 e. The molecular weight excluding hydrogens is 446 g/mol. The van der Waals surface area contributed by atoms with E-state index in [2.05, 4.69) is 5.16 Å². The van der Waals surface area contributed by atoms with Gasteiger partial charge >= 0.3 is 23.9 Å². The Kier molecular flexibility index (Phi) is 13.9. The van der Waals surface area contributed by atoms with Crippen molar-refractivity contribution in [2.24, 2.45) is 17.0 Å². The van der Waals surface area contributed by atoms with Crippen molar-refractivity contribution in [3.05, 3.63) is 0 Å². The fourth-order valence-electron chi connectivity index (χ4n) is 4.52. The molecule has 0 radical (unpaired) electrons. The summed E-state index contributed by atoms with van der Waals surface area (Å²) in [6.45, 7) is 4.49. The summed E-state index contributed by atoms with van der Waals surface area (Å²) < 4.78 is 20.8. The second-order valence-corrected chi connectivity index (χ2v) is 8.50. The number of carbonyl (C=O) groups excluding carboxylic acids is 4. The van der Waals surface area contributed by atoms with E-state index in [-0.39, 0.29) is 30.2 Å². The Morgan fingerprint density at radius 2 is 1.35 bits per heavy atom. The average Bonchev–Trinajstić information content (AvgIpc) is 3.06. The SMILES string of the molecule is CON=C(CCCCCOC(C)=O)CCC1C(OC(C)=O)CC(OC(C)=O)C1CCC(=O)OC. The molecule has 10 heteroatoms. The molecule has 0 bridgehead atoms. The Balaban J connectivity index is 2.82. The summed E-state index contributed by atoms with van der Waals surface area (Å²) in [7, 11) is 2.83. The Bertz CT molecular complexity index is 707. The van der Waals surface area contributed by atoms with Gasteiger partial charge in [-0.3, -0.25) is 19.2 Å². The number of nitrogens with zero attached hydrogens (tertiary/aromatic N) is 1. The first-order valence-corrected chi connectivity index (χ1v) is 11.8. The Labute approximate surface area is 201 Å². The average molecular weight is 486 g/mol. The molecule has 0 spiro atoms. The number of hydrogen-bond donors (Lipinski definition) is 0. The highest BCUT2D eigenvalue weighted by Gasteiger charge is 2.46. The van der Waals surface area contributed by atoms with Crippen molar-refractivity contribution in [3.8, 4) is 0 Å². The second kappa shape index (κ2) is 16.1. The van der Waals surface area contributed by atoms with Crippen molar-refractivity contribution in [2.45, 2.75) is 90.8 Å². The zero-order chi connectivity index (χ0) is 25.5. The van der Waals surface area contributed by atoms with Gasteiger partial charge in [-0.05, 0) is 44.9 Å². The van der Waals surface area contributed by atoms with Crippen LogP contribution in [0.25, 0.3) is 0 Å². The minimum Gasteiger partial charge on any atom is -0.469 e. The Morgan fingerprint density at radius 3 is 1.85 bits per heavy atom. The highest BCUT2D eigenvalue weighted by atomic mass is 16.6. The van der Waals surface area contributed by atoms with Gasteiger partial charge in [0, 0.05) is 45.4 Å². The molecule has 1 rings (SSSR count). The van der Waals surface area contributed by atoms with Gasteiger partial charge in [0.15, 0.2) is 0 Å². The van der Waals surface area contributed by atoms with Crippen LogP contribution >= 0.6 is 0 Å².